The normalized spacial score (nSPS) is 14.1. The summed E-state index contributed by atoms with van der Waals surface area (Å²) in [4.78, 5) is 26.7. The van der Waals surface area contributed by atoms with Crippen LogP contribution in [0.5, 0.6) is 0 Å². The maximum atomic E-state index is 13.1. The Labute approximate surface area is 166 Å². The lowest BCUT2D eigenvalue weighted by molar-refractivity contribution is -0.118. The summed E-state index contributed by atoms with van der Waals surface area (Å²) in [5, 5.41) is 0. The summed E-state index contributed by atoms with van der Waals surface area (Å²) in [6, 6.07) is 14.3. The van der Waals surface area contributed by atoms with E-state index < -0.39 is 0 Å². The number of amides is 1. The smallest absolute Gasteiger partial charge is 0.228 e. The predicted octanol–water partition coefficient (Wildman–Crippen LogP) is 4.05. The summed E-state index contributed by atoms with van der Waals surface area (Å²) in [6.45, 7) is 5.74. The monoisotopic (exact) mass is 374 g/mol. The number of rotatable bonds is 3. The van der Waals surface area contributed by atoms with E-state index in [0.29, 0.717) is 18.8 Å². The van der Waals surface area contributed by atoms with Crippen molar-refractivity contribution in [3.8, 4) is 0 Å². The van der Waals surface area contributed by atoms with Crippen LogP contribution in [0.3, 0.4) is 0 Å². The SMILES string of the molecule is Cc1ccc(CCC(=O)N2CCCN(C)c3nc4ccccc4nc32)c(C)c1. The molecule has 0 unspecified atom stereocenters. The van der Waals surface area contributed by atoms with Gasteiger partial charge < -0.3 is 4.90 Å². The Morgan fingerprint density at radius 3 is 2.43 bits per heavy atom. The molecule has 0 bridgehead atoms. The van der Waals surface area contributed by atoms with Crippen LogP contribution in [0.25, 0.3) is 11.0 Å². The molecular weight excluding hydrogens is 348 g/mol. The van der Waals surface area contributed by atoms with Crippen molar-refractivity contribution in [3.63, 3.8) is 0 Å². The molecular formula is C23H26N4O. The van der Waals surface area contributed by atoms with E-state index >= 15 is 0 Å². The fourth-order valence-electron chi connectivity index (χ4n) is 3.84. The Kier molecular flexibility index (Phi) is 4.99. The topological polar surface area (TPSA) is 49.3 Å². The zero-order valence-electron chi connectivity index (χ0n) is 16.8. The van der Waals surface area contributed by atoms with Crippen molar-refractivity contribution < 1.29 is 4.79 Å². The summed E-state index contributed by atoms with van der Waals surface area (Å²) >= 11 is 0. The Balaban J connectivity index is 1.63. The highest BCUT2D eigenvalue weighted by atomic mass is 16.2. The molecule has 0 aliphatic carbocycles. The Hall–Kier alpha value is -2.95. The molecule has 28 heavy (non-hydrogen) atoms. The van der Waals surface area contributed by atoms with Gasteiger partial charge in [-0.15, -0.1) is 0 Å². The lowest BCUT2D eigenvalue weighted by atomic mass is 10.0. The maximum absolute atomic E-state index is 13.1. The van der Waals surface area contributed by atoms with Crippen molar-refractivity contribution >= 4 is 28.6 Å². The van der Waals surface area contributed by atoms with E-state index in [0.717, 1.165) is 36.2 Å². The van der Waals surface area contributed by atoms with Crippen LogP contribution in [0, 0.1) is 13.8 Å². The number of carbonyl (C=O) groups excluding carboxylic acids is 1. The standard InChI is InChI=1S/C23H26N4O/c1-16-9-10-18(17(2)15-16)11-12-21(28)27-14-6-13-26(3)22-23(27)25-20-8-5-4-7-19(20)24-22/h4-5,7-10,15H,6,11-14H2,1-3H3. The number of hydrogen-bond acceptors (Lipinski definition) is 4. The third kappa shape index (κ3) is 3.57. The number of aryl methyl sites for hydroxylation is 3. The summed E-state index contributed by atoms with van der Waals surface area (Å²) in [5.74, 6) is 1.58. The minimum Gasteiger partial charge on any atom is -0.357 e. The van der Waals surface area contributed by atoms with Crippen molar-refractivity contribution in [2.75, 3.05) is 29.9 Å². The minimum atomic E-state index is 0.112. The molecule has 0 spiro atoms. The second kappa shape index (κ2) is 7.58. The molecule has 0 radical (unpaired) electrons. The first kappa shape index (κ1) is 18.4. The fraction of sp³-hybridized carbons (Fsp3) is 0.348. The molecule has 1 aromatic heterocycles. The van der Waals surface area contributed by atoms with E-state index in [1.165, 1.54) is 16.7 Å². The van der Waals surface area contributed by atoms with Gasteiger partial charge in [0.2, 0.25) is 5.91 Å². The van der Waals surface area contributed by atoms with E-state index in [9.17, 15) is 4.79 Å². The van der Waals surface area contributed by atoms with E-state index in [-0.39, 0.29) is 5.91 Å². The molecule has 4 rings (SSSR count). The molecule has 0 saturated heterocycles. The highest BCUT2D eigenvalue weighted by Crippen LogP contribution is 2.30. The average molecular weight is 374 g/mol. The van der Waals surface area contributed by atoms with E-state index in [1.54, 1.807) is 0 Å². The molecule has 2 heterocycles. The van der Waals surface area contributed by atoms with Gasteiger partial charge in [-0.25, -0.2) is 9.97 Å². The number of para-hydroxylation sites is 2. The molecule has 0 atom stereocenters. The van der Waals surface area contributed by atoms with E-state index in [2.05, 4.69) is 36.9 Å². The molecule has 3 aromatic rings. The van der Waals surface area contributed by atoms with Gasteiger partial charge in [0.15, 0.2) is 11.6 Å². The molecule has 1 aliphatic heterocycles. The van der Waals surface area contributed by atoms with Gasteiger partial charge in [-0.1, -0.05) is 35.9 Å². The van der Waals surface area contributed by atoms with Gasteiger partial charge in [-0.05, 0) is 49.9 Å². The van der Waals surface area contributed by atoms with Crippen LogP contribution >= 0.6 is 0 Å². The average Bonchev–Trinajstić information content (AvgIpc) is 2.84. The van der Waals surface area contributed by atoms with E-state index in [1.807, 2.05) is 36.2 Å². The number of benzene rings is 2. The van der Waals surface area contributed by atoms with Gasteiger partial charge in [-0.3, -0.25) is 9.69 Å². The van der Waals surface area contributed by atoms with Gasteiger partial charge in [-0.2, -0.15) is 0 Å². The first-order valence-electron chi connectivity index (χ1n) is 9.87. The lowest BCUT2D eigenvalue weighted by Gasteiger charge is -2.23. The van der Waals surface area contributed by atoms with Gasteiger partial charge in [0.25, 0.3) is 0 Å². The molecule has 144 valence electrons. The fourth-order valence-corrected chi connectivity index (χ4v) is 3.84. The van der Waals surface area contributed by atoms with Gasteiger partial charge >= 0.3 is 0 Å². The summed E-state index contributed by atoms with van der Waals surface area (Å²) < 4.78 is 0. The van der Waals surface area contributed by atoms with Gasteiger partial charge in [0, 0.05) is 26.6 Å². The zero-order valence-corrected chi connectivity index (χ0v) is 16.8. The van der Waals surface area contributed by atoms with Crippen LogP contribution in [0.1, 0.15) is 29.5 Å². The van der Waals surface area contributed by atoms with Crippen LogP contribution < -0.4 is 9.80 Å². The molecule has 5 nitrogen and oxygen atoms in total. The summed E-state index contributed by atoms with van der Waals surface area (Å²) in [5.41, 5.74) is 5.41. The molecule has 5 heteroatoms. The van der Waals surface area contributed by atoms with Crippen LogP contribution in [0.2, 0.25) is 0 Å². The number of hydrogen-bond donors (Lipinski definition) is 0. The summed E-state index contributed by atoms with van der Waals surface area (Å²) in [7, 11) is 2.02. The number of aromatic nitrogens is 2. The van der Waals surface area contributed by atoms with Crippen molar-refractivity contribution in [1.29, 1.82) is 0 Å². The van der Waals surface area contributed by atoms with Crippen molar-refractivity contribution in [2.24, 2.45) is 0 Å². The third-order valence-corrected chi connectivity index (χ3v) is 5.43. The van der Waals surface area contributed by atoms with E-state index in [4.69, 9.17) is 9.97 Å². The first-order chi connectivity index (χ1) is 13.5. The predicted molar refractivity (Wildman–Crippen MR) is 114 cm³/mol. The maximum Gasteiger partial charge on any atom is 0.228 e. The van der Waals surface area contributed by atoms with Crippen LogP contribution in [-0.4, -0.2) is 36.0 Å². The Morgan fingerprint density at radius 2 is 1.71 bits per heavy atom. The number of fused-ring (bicyclic) bond motifs is 2. The molecule has 1 aliphatic rings. The zero-order chi connectivity index (χ0) is 19.7. The number of nitrogens with zero attached hydrogens (tertiary/aromatic N) is 4. The second-order valence-corrected chi connectivity index (χ2v) is 7.61. The minimum absolute atomic E-state index is 0.112. The number of carbonyl (C=O) groups is 1. The van der Waals surface area contributed by atoms with Gasteiger partial charge in [0.05, 0.1) is 11.0 Å². The van der Waals surface area contributed by atoms with Gasteiger partial charge in [0.1, 0.15) is 0 Å². The van der Waals surface area contributed by atoms with Crippen molar-refractivity contribution in [2.45, 2.75) is 33.1 Å². The van der Waals surface area contributed by atoms with Crippen LogP contribution in [-0.2, 0) is 11.2 Å². The highest BCUT2D eigenvalue weighted by Gasteiger charge is 2.26. The molecule has 0 saturated carbocycles. The molecule has 0 fully saturated rings. The van der Waals surface area contributed by atoms with Crippen LogP contribution in [0.15, 0.2) is 42.5 Å². The third-order valence-electron chi connectivity index (χ3n) is 5.43. The lowest BCUT2D eigenvalue weighted by Crippen LogP contribution is -2.32. The van der Waals surface area contributed by atoms with Crippen molar-refractivity contribution in [1.82, 2.24) is 9.97 Å². The summed E-state index contributed by atoms with van der Waals surface area (Å²) in [6.07, 6.45) is 2.12. The van der Waals surface area contributed by atoms with Crippen molar-refractivity contribution in [3.05, 3.63) is 59.2 Å². The Bertz CT molecular complexity index is 1030. The molecule has 2 aromatic carbocycles. The first-order valence-corrected chi connectivity index (χ1v) is 9.87. The van der Waals surface area contributed by atoms with Crippen LogP contribution in [0.4, 0.5) is 11.6 Å². The quantitative estimate of drug-likeness (QED) is 0.694. The molecule has 0 N–H and O–H groups in total. The molecule has 1 amide bonds. The largest absolute Gasteiger partial charge is 0.357 e. The highest BCUT2D eigenvalue weighted by molar-refractivity contribution is 5.97. The number of anilines is 2. The Morgan fingerprint density at radius 1 is 1.00 bits per heavy atom. The second-order valence-electron chi connectivity index (χ2n) is 7.61.